The van der Waals surface area contributed by atoms with Crippen LogP contribution >= 0.6 is 11.3 Å². The molecule has 8 heteroatoms. The van der Waals surface area contributed by atoms with Crippen molar-refractivity contribution in [2.24, 2.45) is 0 Å². The predicted molar refractivity (Wildman–Crippen MR) is 84.5 cm³/mol. The molecule has 0 fully saturated rings. The average Bonchev–Trinajstić information content (AvgIpc) is 2.89. The van der Waals surface area contributed by atoms with E-state index in [1.54, 1.807) is 6.07 Å². The monoisotopic (exact) mass is 376 g/mol. The molecule has 1 heterocycles. The van der Waals surface area contributed by atoms with Crippen LogP contribution in [0.2, 0.25) is 0 Å². The molecule has 132 valence electrons. The van der Waals surface area contributed by atoms with Gasteiger partial charge < -0.3 is 0 Å². The van der Waals surface area contributed by atoms with Crippen LogP contribution in [0.1, 0.15) is 16.0 Å². The smallest absolute Gasteiger partial charge is 0.299 e. The van der Waals surface area contributed by atoms with E-state index >= 15 is 0 Å². The number of aryl methyl sites for hydroxylation is 1. The molecule has 0 saturated heterocycles. The first-order valence-corrected chi connectivity index (χ1v) is 7.87. The minimum absolute atomic E-state index is 0.185. The molecule has 0 spiro atoms. The Hall–Kier alpha value is -2.09. The third kappa shape index (κ3) is 2.42. The first kappa shape index (κ1) is 17.7. The van der Waals surface area contributed by atoms with Gasteiger partial charge >= 0.3 is 17.8 Å². The summed E-state index contributed by atoms with van der Waals surface area (Å²) in [5, 5.41) is 0.185. The molecule has 2 aromatic rings. The summed E-state index contributed by atoms with van der Waals surface area (Å²) in [7, 11) is 0. The van der Waals surface area contributed by atoms with E-state index < -0.39 is 23.3 Å². The molecule has 0 saturated carbocycles. The Bertz CT molecular complexity index is 923. The third-order valence-corrected chi connectivity index (χ3v) is 5.07. The van der Waals surface area contributed by atoms with Gasteiger partial charge in [-0.15, -0.1) is 11.3 Å². The number of aldehydes is 1. The molecule has 0 unspecified atom stereocenters. The Morgan fingerprint density at radius 2 is 1.76 bits per heavy atom. The van der Waals surface area contributed by atoms with E-state index in [2.05, 4.69) is 0 Å². The summed E-state index contributed by atoms with van der Waals surface area (Å²) in [6.45, 7) is 1.41. The van der Waals surface area contributed by atoms with E-state index in [1.165, 1.54) is 31.2 Å². The van der Waals surface area contributed by atoms with Crippen molar-refractivity contribution < 1.29 is 31.1 Å². The molecule has 0 amide bonds. The van der Waals surface area contributed by atoms with Gasteiger partial charge in [0, 0.05) is 32.2 Å². The van der Waals surface area contributed by atoms with Crippen LogP contribution in [0.5, 0.6) is 0 Å². The summed E-state index contributed by atoms with van der Waals surface area (Å²) in [6, 6.07) is 4.45. The van der Waals surface area contributed by atoms with Gasteiger partial charge in [0.1, 0.15) is 6.29 Å². The average molecular weight is 376 g/mol. The van der Waals surface area contributed by atoms with Gasteiger partial charge in [0.15, 0.2) is 0 Å². The van der Waals surface area contributed by atoms with Crippen LogP contribution in [0.3, 0.4) is 0 Å². The summed E-state index contributed by atoms with van der Waals surface area (Å²) in [6.07, 6.45) is 2.94. The van der Waals surface area contributed by atoms with Crippen molar-refractivity contribution in [1.29, 1.82) is 0 Å². The summed E-state index contributed by atoms with van der Waals surface area (Å²) >= 11 is 1.03. The maximum absolute atomic E-state index is 14.1. The van der Waals surface area contributed by atoms with E-state index in [-0.39, 0.29) is 21.9 Å². The van der Waals surface area contributed by atoms with E-state index in [1.807, 2.05) is 0 Å². The molecule has 3 rings (SSSR count). The van der Waals surface area contributed by atoms with E-state index in [0.717, 1.165) is 11.3 Å². The molecule has 1 aromatic carbocycles. The van der Waals surface area contributed by atoms with Crippen LogP contribution in [0, 0.1) is 6.92 Å². The van der Waals surface area contributed by atoms with Gasteiger partial charge in [-0.2, -0.15) is 26.3 Å². The van der Waals surface area contributed by atoms with Crippen molar-refractivity contribution in [3.05, 3.63) is 46.4 Å². The molecule has 0 N–H and O–H groups in total. The summed E-state index contributed by atoms with van der Waals surface area (Å²) in [4.78, 5) is 10.6. The van der Waals surface area contributed by atoms with Gasteiger partial charge in [0.05, 0.1) is 0 Å². The number of allylic oxidation sites excluding steroid dienone is 3. The molecular formula is C17H10F6OS. The quantitative estimate of drug-likeness (QED) is 0.380. The molecule has 0 aliphatic heterocycles. The van der Waals surface area contributed by atoms with Gasteiger partial charge in [-0.3, -0.25) is 4.79 Å². The lowest BCUT2D eigenvalue weighted by molar-refractivity contribution is -0.257. The molecule has 25 heavy (non-hydrogen) atoms. The number of carbonyl (C=O) groups is 1. The lowest BCUT2D eigenvalue weighted by Gasteiger charge is -2.25. The fourth-order valence-corrected chi connectivity index (χ4v) is 3.92. The first-order valence-electron chi connectivity index (χ1n) is 7.05. The molecule has 1 aliphatic rings. The molecule has 1 nitrogen and oxygen atoms in total. The van der Waals surface area contributed by atoms with Crippen LogP contribution in [0.15, 0.2) is 30.4 Å². The summed E-state index contributed by atoms with van der Waals surface area (Å²) in [5.41, 5.74) is -1.06. The second kappa shape index (κ2) is 5.45. The standard InChI is InChI=1S/C17H10F6OS/c1-9-14(12-8-15(18,19)17(22,23)16(12,20)21)11-5-4-10(3-2-6-24)7-13(11)25-9/h2-8H,1H3. The Morgan fingerprint density at radius 3 is 2.32 bits per heavy atom. The number of hydrogen-bond donors (Lipinski definition) is 0. The Morgan fingerprint density at radius 1 is 1.08 bits per heavy atom. The first-order chi connectivity index (χ1) is 11.5. The van der Waals surface area contributed by atoms with Gasteiger partial charge in [-0.25, -0.2) is 0 Å². The van der Waals surface area contributed by atoms with E-state index in [0.29, 0.717) is 16.5 Å². The van der Waals surface area contributed by atoms with Crippen LogP contribution < -0.4 is 0 Å². The second-order valence-corrected chi connectivity index (χ2v) is 6.87. The zero-order valence-electron chi connectivity index (χ0n) is 12.6. The molecule has 1 aliphatic carbocycles. The fourth-order valence-electron chi connectivity index (χ4n) is 2.79. The number of halogens is 6. The number of alkyl halides is 6. The maximum atomic E-state index is 14.1. The third-order valence-electron chi connectivity index (χ3n) is 4.00. The Labute approximate surface area is 142 Å². The zero-order chi connectivity index (χ0) is 18.6. The Kier molecular flexibility index (Phi) is 3.87. The second-order valence-electron chi connectivity index (χ2n) is 5.61. The Balaban J connectivity index is 2.21. The van der Waals surface area contributed by atoms with Crippen molar-refractivity contribution in [1.82, 2.24) is 0 Å². The topological polar surface area (TPSA) is 17.1 Å². The van der Waals surface area contributed by atoms with Crippen molar-refractivity contribution >= 4 is 39.4 Å². The van der Waals surface area contributed by atoms with Crippen LogP contribution in [0.25, 0.3) is 21.7 Å². The van der Waals surface area contributed by atoms with Crippen LogP contribution in [0.4, 0.5) is 26.3 Å². The molecular weight excluding hydrogens is 366 g/mol. The number of fused-ring (bicyclic) bond motifs is 1. The van der Waals surface area contributed by atoms with E-state index in [9.17, 15) is 31.1 Å². The molecule has 1 aromatic heterocycles. The maximum Gasteiger partial charge on any atom is 0.380 e. The summed E-state index contributed by atoms with van der Waals surface area (Å²) < 4.78 is 82.5. The largest absolute Gasteiger partial charge is 0.380 e. The highest BCUT2D eigenvalue weighted by atomic mass is 32.1. The van der Waals surface area contributed by atoms with Crippen LogP contribution in [-0.4, -0.2) is 24.1 Å². The predicted octanol–water partition coefficient (Wildman–Crippen LogP) is 5.72. The van der Waals surface area contributed by atoms with Gasteiger partial charge in [-0.1, -0.05) is 18.2 Å². The van der Waals surface area contributed by atoms with Gasteiger partial charge in [0.25, 0.3) is 0 Å². The van der Waals surface area contributed by atoms with Gasteiger partial charge in [-0.05, 0) is 24.6 Å². The van der Waals surface area contributed by atoms with Crippen molar-refractivity contribution in [2.75, 3.05) is 0 Å². The fraction of sp³-hybridized carbons (Fsp3) is 0.235. The normalized spacial score (nSPS) is 21.0. The summed E-state index contributed by atoms with van der Waals surface area (Å²) in [5.74, 6) is -15.4. The number of carbonyl (C=O) groups excluding carboxylic acids is 1. The van der Waals surface area contributed by atoms with Crippen LogP contribution in [-0.2, 0) is 4.79 Å². The number of hydrogen-bond acceptors (Lipinski definition) is 2. The highest BCUT2D eigenvalue weighted by Crippen LogP contribution is 2.59. The molecule has 0 atom stereocenters. The molecule has 0 bridgehead atoms. The zero-order valence-corrected chi connectivity index (χ0v) is 13.4. The highest BCUT2D eigenvalue weighted by molar-refractivity contribution is 7.19. The minimum atomic E-state index is -5.48. The SMILES string of the molecule is Cc1sc2cc(C=CC=O)ccc2c1C1=CC(F)(F)C(F)(F)C1(F)F. The lowest BCUT2D eigenvalue weighted by atomic mass is 9.97. The van der Waals surface area contributed by atoms with Crippen molar-refractivity contribution in [2.45, 2.75) is 24.7 Å². The van der Waals surface area contributed by atoms with Gasteiger partial charge in [0.2, 0.25) is 0 Å². The minimum Gasteiger partial charge on any atom is -0.299 e. The molecule has 0 radical (unpaired) electrons. The van der Waals surface area contributed by atoms with Crippen molar-refractivity contribution in [3.63, 3.8) is 0 Å². The van der Waals surface area contributed by atoms with E-state index in [4.69, 9.17) is 0 Å². The number of rotatable bonds is 3. The number of thiophene rings is 1. The lowest BCUT2D eigenvalue weighted by Crippen LogP contribution is -2.48. The van der Waals surface area contributed by atoms with Crippen molar-refractivity contribution in [3.8, 4) is 0 Å². The highest BCUT2D eigenvalue weighted by Gasteiger charge is 2.77. The number of benzene rings is 1.